The van der Waals surface area contributed by atoms with Crippen molar-refractivity contribution in [2.75, 3.05) is 13.7 Å². The number of nitrogens with two attached hydrogens (primary N) is 1. The van der Waals surface area contributed by atoms with Crippen LogP contribution in [0.1, 0.15) is 41.9 Å². The molecule has 2 aromatic rings. The SMILES string of the molecule is COC1C(C(N)=O)[C@]2(CC[C@H](C)N3C[C@H]2n2ccc(=O)c(O)c2C3=O)ON1Cc1c(F)cc(F)cc1F. The van der Waals surface area contributed by atoms with E-state index in [1.807, 2.05) is 0 Å². The molecule has 1 spiro atoms. The van der Waals surface area contributed by atoms with Gasteiger partial charge in [0.25, 0.3) is 5.91 Å². The Bertz CT molecular complexity index is 1330. The fourth-order valence-corrected chi connectivity index (χ4v) is 5.87. The molecule has 2 fully saturated rings. The molecule has 0 aliphatic carbocycles. The van der Waals surface area contributed by atoms with Crippen LogP contribution in [-0.4, -0.2) is 63.0 Å². The number of carbonyl (C=O) groups excluding carboxylic acids is 2. The van der Waals surface area contributed by atoms with Gasteiger partial charge in [0.05, 0.1) is 12.6 Å². The average molecular weight is 522 g/mol. The highest BCUT2D eigenvalue weighted by molar-refractivity contribution is 5.96. The van der Waals surface area contributed by atoms with Crippen LogP contribution in [-0.2, 0) is 20.9 Å². The Morgan fingerprint density at radius 3 is 2.57 bits per heavy atom. The summed E-state index contributed by atoms with van der Waals surface area (Å²) in [4.78, 5) is 46.2. The highest BCUT2D eigenvalue weighted by atomic mass is 19.1. The van der Waals surface area contributed by atoms with Gasteiger partial charge in [0.15, 0.2) is 11.4 Å². The van der Waals surface area contributed by atoms with Crippen LogP contribution < -0.4 is 11.2 Å². The Labute approximate surface area is 208 Å². The Morgan fingerprint density at radius 2 is 1.95 bits per heavy atom. The van der Waals surface area contributed by atoms with Crippen molar-refractivity contribution in [3.63, 3.8) is 0 Å². The zero-order chi connectivity index (χ0) is 26.8. The number of hydrogen-bond donors (Lipinski definition) is 2. The van der Waals surface area contributed by atoms with E-state index in [2.05, 4.69) is 0 Å². The predicted molar refractivity (Wildman–Crippen MR) is 120 cm³/mol. The molecule has 2 saturated heterocycles. The molecule has 3 aliphatic heterocycles. The van der Waals surface area contributed by atoms with Gasteiger partial charge in [-0.15, -0.1) is 0 Å². The van der Waals surface area contributed by atoms with Gasteiger partial charge < -0.3 is 25.0 Å². The fourth-order valence-electron chi connectivity index (χ4n) is 5.87. The number of aromatic nitrogens is 1. The van der Waals surface area contributed by atoms with Crippen LogP contribution in [0.15, 0.2) is 29.2 Å². The smallest absolute Gasteiger partial charge is 0.274 e. The first-order chi connectivity index (χ1) is 17.5. The number of benzene rings is 1. The van der Waals surface area contributed by atoms with Crippen LogP contribution in [0.5, 0.6) is 5.75 Å². The summed E-state index contributed by atoms with van der Waals surface area (Å²) in [7, 11) is 1.28. The monoisotopic (exact) mass is 522 g/mol. The summed E-state index contributed by atoms with van der Waals surface area (Å²) >= 11 is 0. The van der Waals surface area contributed by atoms with Crippen LogP contribution in [0.25, 0.3) is 0 Å². The quantitative estimate of drug-likeness (QED) is 0.622. The van der Waals surface area contributed by atoms with E-state index >= 15 is 0 Å². The summed E-state index contributed by atoms with van der Waals surface area (Å²) in [6, 6.07) is 0.958. The summed E-state index contributed by atoms with van der Waals surface area (Å²) in [5.41, 5.74) is 2.85. The van der Waals surface area contributed by atoms with Gasteiger partial charge in [0, 0.05) is 49.7 Å². The summed E-state index contributed by atoms with van der Waals surface area (Å²) in [6.45, 7) is 1.28. The number of amides is 2. The number of fused-ring (bicyclic) bond motifs is 5. The molecule has 13 heteroatoms. The Balaban J connectivity index is 1.67. The van der Waals surface area contributed by atoms with Crippen LogP contribution in [0.3, 0.4) is 0 Å². The second-order valence-corrected chi connectivity index (χ2v) is 9.62. The van der Waals surface area contributed by atoms with Crippen molar-refractivity contribution in [3.8, 4) is 5.75 Å². The lowest BCUT2D eigenvalue weighted by Crippen LogP contribution is -2.56. The molecular formula is C24H25F3N4O6. The molecule has 2 bridgehead atoms. The van der Waals surface area contributed by atoms with Crippen molar-refractivity contribution in [2.45, 2.75) is 50.2 Å². The van der Waals surface area contributed by atoms with Gasteiger partial charge in [0.1, 0.15) is 35.2 Å². The van der Waals surface area contributed by atoms with Crippen molar-refractivity contribution in [1.29, 1.82) is 0 Å². The molecule has 4 heterocycles. The number of rotatable bonds is 4. The second-order valence-electron chi connectivity index (χ2n) is 9.62. The number of ether oxygens (including phenoxy) is 1. The fraction of sp³-hybridized carbons (Fsp3) is 0.458. The van der Waals surface area contributed by atoms with Crippen molar-refractivity contribution in [3.05, 3.63) is 63.3 Å². The molecule has 198 valence electrons. The lowest BCUT2D eigenvalue weighted by Gasteiger charge is -2.44. The summed E-state index contributed by atoms with van der Waals surface area (Å²) in [6.07, 6.45) is 0.653. The molecular weight excluding hydrogens is 497 g/mol. The third-order valence-electron chi connectivity index (χ3n) is 7.67. The third kappa shape index (κ3) is 3.71. The molecule has 3 aliphatic rings. The molecule has 1 aromatic heterocycles. The maximum atomic E-state index is 14.5. The number of hydrogen-bond acceptors (Lipinski definition) is 7. The standard InChI is InChI=1S/C24H25F3N4O6/c1-11-3-5-24(17-10-30(11)22(35)19-20(33)16(32)4-6-29(17)19)18(21(28)34)23(36-2)31(37-24)9-13-14(26)7-12(25)8-15(13)27/h4,6-8,11,17-18,23,33H,3,5,9-10H2,1-2H3,(H2,28,34)/t11-,17+,18?,23?,24+/m0/s1. The van der Waals surface area contributed by atoms with E-state index < -0.39 is 76.3 Å². The number of pyridine rings is 1. The lowest BCUT2D eigenvalue weighted by molar-refractivity contribution is -0.253. The predicted octanol–water partition coefficient (Wildman–Crippen LogP) is 1.41. The first-order valence-corrected chi connectivity index (χ1v) is 11.7. The number of primary amides is 1. The maximum Gasteiger partial charge on any atom is 0.274 e. The van der Waals surface area contributed by atoms with Crippen LogP contribution >= 0.6 is 0 Å². The first kappa shape index (κ1) is 25.2. The van der Waals surface area contributed by atoms with Crippen molar-refractivity contribution in [1.82, 2.24) is 14.5 Å². The zero-order valence-corrected chi connectivity index (χ0v) is 20.0. The maximum absolute atomic E-state index is 14.5. The lowest BCUT2D eigenvalue weighted by atomic mass is 9.76. The van der Waals surface area contributed by atoms with Gasteiger partial charge in [0.2, 0.25) is 11.3 Å². The Morgan fingerprint density at radius 1 is 1.27 bits per heavy atom. The molecule has 0 saturated carbocycles. The molecule has 2 unspecified atom stereocenters. The summed E-state index contributed by atoms with van der Waals surface area (Å²) in [5.74, 6) is -6.70. The van der Waals surface area contributed by atoms with Gasteiger partial charge in [-0.3, -0.25) is 19.2 Å². The van der Waals surface area contributed by atoms with Crippen molar-refractivity contribution < 1.29 is 37.4 Å². The molecule has 2 amide bonds. The average Bonchev–Trinajstić information content (AvgIpc) is 3.09. The Kier molecular flexibility index (Phi) is 6.04. The number of aromatic hydroxyl groups is 1. The van der Waals surface area contributed by atoms with Crippen molar-refractivity contribution >= 4 is 11.8 Å². The van der Waals surface area contributed by atoms with E-state index in [0.29, 0.717) is 18.6 Å². The third-order valence-corrected chi connectivity index (χ3v) is 7.67. The molecule has 10 nitrogen and oxygen atoms in total. The molecule has 3 N–H and O–H groups in total. The second kappa shape index (κ2) is 8.85. The van der Waals surface area contributed by atoms with Gasteiger partial charge in [-0.05, 0) is 19.8 Å². The minimum atomic E-state index is -1.49. The zero-order valence-electron chi connectivity index (χ0n) is 20.0. The normalized spacial score (nSPS) is 29.4. The molecule has 1 aromatic carbocycles. The van der Waals surface area contributed by atoms with E-state index in [0.717, 1.165) is 11.1 Å². The summed E-state index contributed by atoms with van der Waals surface area (Å²) in [5, 5.41) is 11.6. The topological polar surface area (TPSA) is 127 Å². The summed E-state index contributed by atoms with van der Waals surface area (Å²) < 4.78 is 49.5. The first-order valence-electron chi connectivity index (χ1n) is 11.7. The minimum Gasteiger partial charge on any atom is -0.503 e. The van der Waals surface area contributed by atoms with E-state index in [9.17, 15) is 32.7 Å². The van der Waals surface area contributed by atoms with E-state index in [1.54, 1.807) is 6.92 Å². The Hall–Kier alpha value is -3.42. The number of carbonyl (C=O) groups is 2. The van der Waals surface area contributed by atoms with E-state index in [-0.39, 0.29) is 24.7 Å². The highest BCUT2D eigenvalue weighted by Crippen LogP contribution is 2.52. The van der Waals surface area contributed by atoms with Crippen LogP contribution in [0.2, 0.25) is 0 Å². The number of hydroxylamine groups is 2. The van der Waals surface area contributed by atoms with Gasteiger partial charge in [-0.2, -0.15) is 5.06 Å². The van der Waals surface area contributed by atoms with E-state index in [1.165, 1.54) is 22.8 Å². The molecule has 0 radical (unpaired) electrons. The van der Waals surface area contributed by atoms with Crippen LogP contribution in [0, 0.1) is 23.4 Å². The number of nitrogens with zero attached hydrogens (tertiary/aromatic N) is 3. The van der Waals surface area contributed by atoms with Gasteiger partial charge in [-0.1, -0.05) is 0 Å². The van der Waals surface area contributed by atoms with Crippen LogP contribution in [0.4, 0.5) is 13.2 Å². The molecule has 37 heavy (non-hydrogen) atoms. The van der Waals surface area contributed by atoms with Gasteiger partial charge in [-0.25, -0.2) is 13.2 Å². The van der Waals surface area contributed by atoms with Crippen molar-refractivity contribution in [2.24, 2.45) is 11.7 Å². The molecule has 5 atom stereocenters. The number of methoxy groups -OCH3 is 1. The van der Waals surface area contributed by atoms with E-state index in [4.69, 9.17) is 15.3 Å². The van der Waals surface area contributed by atoms with Gasteiger partial charge >= 0.3 is 0 Å². The highest BCUT2D eigenvalue weighted by Gasteiger charge is 2.64. The number of halogens is 3. The minimum absolute atomic E-state index is 0.0443. The largest absolute Gasteiger partial charge is 0.503 e. The molecule has 5 rings (SSSR count).